The molecular weight excluding hydrogens is 435 g/mol. The molecule has 1 N–H and O–H groups in total. The van der Waals surface area contributed by atoms with E-state index < -0.39 is 5.38 Å². The van der Waals surface area contributed by atoms with Crippen molar-refractivity contribution in [1.29, 1.82) is 0 Å². The standard InChI is InChI=1S/C23H24ClFN4OS/c24-21(18-4-2-1-3-5-18)22(30)26-15-17-10-12-29(13-11-17)23-27-20(28-31-23)14-16-6-8-19(25)9-7-16/h1-9,17,21H,10-15H2,(H,26,30). The summed E-state index contributed by atoms with van der Waals surface area (Å²) in [6, 6.07) is 15.8. The minimum atomic E-state index is -0.665. The van der Waals surface area contributed by atoms with Crippen LogP contribution in [0.25, 0.3) is 0 Å². The Morgan fingerprint density at radius 1 is 1.16 bits per heavy atom. The second-order valence-corrected chi connectivity index (χ2v) is 8.91. The van der Waals surface area contributed by atoms with Crippen LogP contribution in [-0.2, 0) is 11.2 Å². The van der Waals surface area contributed by atoms with Gasteiger partial charge in [0.1, 0.15) is 17.0 Å². The monoisotopic (exact) mass is 458 g/mol. The van der Waals surface area contributed by atoms with E-state index in [9.17, 15) is 9.18 Å². The molecule has 1 aliphatic heterocycles. The van der Waals surface area contributed by atoms with Crippen LogP contribution in [0.3, 0.4) is 0 Å². The van der Waals surface area contributed by atoms with Gasteiger partial charge >= 0.3 is 0 Å². The molecular formula is C23H24ClFN4OS. The van der Waals surface area contributed by atoms with E-state index in [-0.39, 0.29) is 11.7 Å². The molecule has 8 heteroatoms. The quantitative estimate of drug-likeness (QED) is 0.526. The van der Waals surface area contributed by atoms with Gasteiger partial charge in [0.15, 0.2) is 0 Å². The van der Waals surface area contributed by atoms with E-state index in [1.807, 2.05) is 30.3 Å². The molecule has 31 heavy (non-hydrogen) atoms. The number of carbonyl (C=O) groups excluding carboxylic acids is 1. The number of nitrogens with zero attached hydrogens (tertiary/aromatic N) is 3. The van der Waals surface area contributed by atoms with Gasteiger partial charge in [-0.15, -0.1) is 11.6 Å². The molecule has 1 unspecified atom stereocenters. The Bertz CT molecular complexity index is 990. The largest absolute Gasteiger partial charge is 0.354 e. The number of hydrogen-bond acceptors (Lipinski definition) is 5. The second-order valence-electron chi connectivity index (χ2n) is 7.75. The topological polar surface area (TPSA) is 58.1 Å². The fourth-order valence-electron chi connectivity index (χ4n) is 3.67. The maximum absolute atomic E-state index is 13.1. The molecule has 2 aromatic carbocycles. The molecule has 5 nitrogen and oxygen atoms in total. The molecule has 1 aliphatic rings. The fraction of sp³-hybridized carbons (Fsp3) is 0.348. The molecule has 0 aliphatic carbocycles. The highest BCUT2D eigenvalue weighted by Gasteiger charge is 2.24. The van der Waals surface area contributed by atoms with E-state index in [4.69, 9.17) is 11.6 Å². The van der Waals surface area contributed by atoms with Crippen molar-refractivity contribution < 1.29 is 9.18 Å². The van der Waals surface area contributed by atoms with Crippen LogP contribution < -0.4 is 10.2 Å². The first-order valence-electron chi connectivity index (χ1n) is 10.4. The van der Waals surface area contributed by atoms with Crippen LogP contribution in [0.4, 0.5) is 9.52 Å². The van der Waals surface area contributed by atoms with E-state index in [1.54, 1.807) is 12.1 Å². The van der Waals surface area contributed by atoms with Crippen LogP contribution in [-0.4, -0.2) is 34.9 Å². The molecule has 4 rings (SSSR count). The van der Waals surface area contributed by atoms with Crippen LogP contribution in [0.1, 0.15) is 35.2 Å². The minimum absolute atomic E-state index is 0.148. The predicted octanol–water partition coefficient (Wildman–Crippen LogP) is 4.58. The van der Waals surface area contributed by atoms with Crippen molar-refractivity contribution in [2.24, 2.45) is 5.92 Å². The third kappa shape index (κ3) is 5.80. The fourth-order valence-corrected chi connectivity index (χ4v) is 4.63. The first-order chi connectivity index (χ1) is 15.1. The zero-order valence-electron chi connectivity index (χ0n) is 17.0. The van der Waals surface area contributed by atoms with Gasteiger partial charge in [-0.25, -0.2) is 9.37 Å². The van der Waals surface area contributed by atoms with Crippen LogP contribution in [0, 0.1) is 11.7 Å². The van der Waals surface area contributed by atoms with E-state index in [2.05, 4.69) is 19.6 Å². The first-order valence-corrected chi connectivity index (χ1v) is 11.6. The summed E-state index contributed by atoms with van der Waals surface area (Å²) in [5, 5.41) is 3.26. The number of rotatable bonds is 7. The van der Waals surface area contributed by atoms with Crippen molar-refractivity contribution in [1.82, 2.24) is 14.7 Å². The van der Waals surface area contributed by atoms with Gasteiger partial charge in [0.05, 0.1) is 0 Å². The van der Waals surface area contributed by atoms with Gasteiger partial charge in [-0.3, -0.25) is 4.79 Å². The van der Waals surface area contributed by atoms with Crippen molar-refractivity contribution in [3.8, 4) is 0 Å². The molecule has 2 heterocycles. The Labute approximate surface area is 190 Å². The zero-order valence-corrected chi connectivity index (χ0v) is 18.6. The maximum Gasteiger partial charge on any atom is 0.242 e. The SMILES string of the molecule is O=C(NCC1CCN(c2nc(Cc3ccc(F)cc3)ns2)CC1)C(Cl)c1ccccc1. The summed E-state index contributed by atoms with van der Waals surface area (Å²) in [5.41, 5.74) is 1.80. The lowest BCUT2D eigenvalue weighted by Gasteiger charge is -2.31. The maximum atomic E-state index is 13.1. The van der Waals surface area contributed by atoms with Gasteiger partial charge in [0.25, 0.3) is 0 Å². The number of hydrogen-bond donors (Lipinski definition) is 1. The van der Waals surface area contributed by atoms with Crippen molar-refractivity contribution in [2.75, 3.05) is 24.5 Å². The van der Waals surface area contributed by atoms with Gasteiger partial charge in [0, 0.05) is 37.6 Å². The van der Waals surface area contributed by atoms with Gasteiger partial charge in [-0.1, -0.05) is 42.5 Å². The molecule has 0 spiro atoms. The summed E-state index contributed by atoms with van der Waals surface area (Å²) in [4.78, 5) is 19.3. The Morgan fingerprint density at radius 3 is 2.58 bits per heavy atom. The number of piperidine rings is 1. The number of carbonyl (C=O) groups is 1. The number of halogens is 2. The summed E-state index contributed by atoms with van der Waals surface area (Å²) in [6.45, 7) is 2.40. The van der Waals surface area contributed by atoms with E-state index in [1.165, 1.54) is 23.7 Å². The summed E-state index contributed by atoms with van der Waals surface area (Å²) in [7, 11) is 0. The van der Waals surface area contributed by atoms with Crippen LogP contribution in [0.2, 0.25) is 0 Å². The normalized spacial score (nSPS) is 15.6. The van der Waals surface area contributed by atoms with Gasteiger partial charge in [-0.05, 0) is 42.0 Å². The van der Waals surface area contributed by atoms with Crippen LogP contribution in [0.15, 0.2) is 54.6 Å². The van der Waals surface area contributed by atoms with Crippen LogP contribution >= 0.6 is 23.1 Å². The third-order valence-electron chi connectivity index (χ3n) is 5.51. The molecule has 1 fully saturated rings. The molecule has 0 radical (unpaired) electrons. The Morgan fingerprint density at radius 2 is 1.87 bits per heavy atom. The van der Waals surface area contributed by atoms with Crippen molar-refractivity contribution >= 4 is 34.2 Å². The number of benzene rings is 2. The van der Waals surface area contributed by atoms with Crippen molar-refractivity contribution in [3.05, 3.63) is 77.4 Å². The lowest BCUT2D eigenvalue weighted by Crippen LogP contribution is -2.39. The molecule has 1 aromatic heterocycles. The number of nitrogens with one attached hydrogen (secondary N) is 1. The molecule has 1 saturated heterocycles. The predicted molar refractivity (Wildman–Crippen MR) is 122 cm³/mol. The smallest absolute Gasteiger partial charge is 0.242 e. The number of amides is 1. The van der Waals surface area contributed by atoms with E-state index >= 15 is 0 Å². The average molecular weight is 459 g/mol. The highest BCUT2D eigenvalue weighted by molar-refractivity contribution is 7.09. The average Bonchev–Trinajstić information content (AvgIpc) is 3.28. The number of alkyl halides is 1. The lowest BCUT2D eigenvalue weighted by atomic mass is 9.97. The third-order valence-corrected chi connectivity index (χ3v) is 6.77. The zero-order chi connectivity index (χ0) is 21.6. The van der Waals surface area contributed by atoms with Crippen molar-refractivity contribution in [3.63, 3.8) is 0 Å². The summed E-state index contributed by atoms with van der Waals surface area (Å²) < 4.78 is 17.5. The molecule has 0 bridgehead atoms. The minimum Gasteiger partial charge on any atom is -0.354 e. The second kappa shape index (κ2) is 10.2. The Kier molecular flexibility index (Phi) is 7.14. The summed E-state index contributed by atoms with van der Waals surface area (Å²) >= 11 is 7.70. The van der Waals surface area contributed by atoms with Gasteiger partial charge in [-0.2, -0.15) is 4.37 Å². The molecule has 1 amide bonds. The first kappa shape index (κ1) is 21.7. The molecule has 3 aromatic rings. The molecule has 1 atom stereocenters. The van der Waals surface area contributed by atoms with Gasteiger partial charge in [0.2, 0.25) is 11.0 Å². The van der Waals surface area contributed by atoms with Crippen LogP contribution in [0.5, 0.6) is 0 Å². The van der Waals surface area contributed by atoms with Crippen molar-refractivity contribution in [2.45, 2.75) is 24.6 Å². The Hall–Kier alpha value is -2.51. The Balaban J connectivity index is 1.23. The lowest BCUT2D eigenvalue weighted by molar-refractivity contribution is -0.121. The highest BCUT2D eigenvalue weighted by Crippen LogP contribution is 2.26. The summed E-state index contributed by atoms with van der Waals surface area (Å²) in [6.07, 6.45) is 2.55. The summed E-state index contributed by atoms with van der Waals surface area (Å²) in [5.74, 6) is 0.794. The van der Waals surface area contributed by atoms with E-state index in [0.29, 0.717) is 18.9 Å². The number of aromatic nitrogens is 2. The van der Waals surface area contributed by atoms with Gasteiger partial charge < -0.3 is 10.2 Å². The molecule has 0 saturated carbocycles. The molecule has 162 valence electrons. The highest BCUT2D eigenvalue weighted by atomic mass is 35.5. The van der Waals surface area contributed by atoms with E-state index in [0.717, 1.165) is 48.0 Å². The number of anilines is 1.